The maximum Gasteiger partial charge on any atom is 0.412 e. The normalized spacial score (nSPS) is 22.5. The first kappa shape index (κ1) is 45.6. The van der Waals surface area contributed by atoms with Gasteiger partial charge in [0.1, 0.15) is 18.1 Å². The highest BCUT2D eigenvalue weighted by Gasteiger charge is 2.64. The van der Waals surface area contributed by atoms with Gasteiger partial charge in [-0.3, -0.25) is 10.1 Å². The number of thioether (sulfide) groups is 1. The number of nitro benzene ring substituents is 1. The van der Waals surface area contributed by atoms with Crippen molar-refractivity contribution in [3.8, 4) is 11.5 Å². The minimum atomic E-state index is -1.23. The van der Waals surface area contributed by atoms with Gasteiger partial charge in [-0.2, -0.15) is 0 Å². The molecule has 5 aromatic carbocycles. The van der Waals surface area contributed by atoms with Crippen LogP contribution >= 0.6 is 11.8 Å². The molecule has 1 amide bonds. The molecule has 338 valence electrons. The first-order chi connectivity index (χ1) is 31.8. The summed E-state index contributed by atoms with van der Waals surface area (Å²) in [4.78, 5) is 31.4. The van der Waals surface area contributed by atoms with E-state index in [-0.39, 0.29) is 55.1 Å². The third-order valence-electron chi connectivity index (χ3n) is 12.7. The van der Waals surface area contributed by atoms with Gasteiger partial charge in [0.05, 0.1) is 28.4 Å². The number of aliphatic hydroxyl groups excluding tert-OH is 2. The predicted octanol–water partition coefficient (Wildman–Crippen LogP) is 10.7. The Kier molecular flexibility index (Phi) is 15.0. The average Bonchev–Trinajstić information content (AvgIpc) is 3.32. The van der Waals surface area contributed by atoms with Crippen molar-refractivity contribution in [2.45, 2.75) is 79.9 Å². The van der Waals surface area contributed by atoms with Crippen molar-refractivity contribution in [3.05, 3.63) is 166 Å². The van der Waals surface area contributed by atoms with E-state index in [9.17, 15) is 25.1 Å². The molecule has 0 aromatic heterocycles. The lowest BCUT2D eigenvalue weighted by Crippen LogP contribution is -2.64. The molecule has 5 aromatic rings. The highest BCUT2D eigenvalue weighted by atomic mass is 32.2. The van der Waals surface area contributed by atoms with Crippen LogP contribution in [-0.2, 0) is 22.7 Å². The molecule has 13 heteroatoms. The molecule has 1 fully saturated rings. The second-order valence-electron chi connectivity index (χ2n) is 16.8. The van der Waals surface area contributed by atoms with Crippen LogP contribution in [0.5, 0.6) is 11.5 Å². The summed E-state index contributed by atoms with van der Waals surface area (Å²) in [5, 5.41) is 40.9. The fraction of sp³-hybridized carbons (Fsp3) is 0.346. The summed E-state index contributed by atoms with van der Waals surface area (Å²) in [5.41, 5.74) is 4.26. The van der Waals surface area contributed by atoms with Crippen LogP contribution in [0, 0.1) is 27.9 Å². The van der Waals surface area contributed by atoms with Gasteiger partial charge < -0.3 is 34.6 Å². The van der Waals surface area contributed by atoms with Gasteiger partial charge in [-0.15, -0.1) is 18.3 Å². The smallest absolute Gasteiger partial charge is 0.412 e. The Morgan fingerprint density at radius 2 is 1.66 bits per heavy atom. The highest BCUT2D eigenvalue weighted by Crippen LogP contribution is 2.63. The van der Waals surface area contributed by atoms with Gasteiger partial charge in [-0.1, -0.05) is 90.8 Å². The molecule has 8 rings (SSSR count). The summed E-state index contributed by atoms with van der Waals surface area (Å²) in [6, 6.07) is 36.1. The number of aliphatic hydroxyl groups is 2. The average molecular weight is 898 g/mol. The van der Waals surface area contributed by atoms with E-state index in [4.69, 9.17) is 24.2 Å². The summed E-state index contributed by atoms with van der Waals surface area (Å²) >= 11 is 1.67. The van der Waals surface area contributed by atoms with Crippen molar-refractivity contribution in [2.75, 3.05) is 19.8 Å². The lowest BCUT2D eigenvalue weighted by molar-refractivity contribution is -0.384. The van der Waals surface area contributed by atoms with Gasteiger partial charge in [0.25, 0.3) is 5.69 Å². The maximum absolute atomic E-state index is 13.3. The quantitative estimate of drug-likeness (QED) is 0.0297. The molecule has 3 aliphatic rings. The largest absolute Gasteiger partial charge is 0.460 e. The van der Waals surface area contributed by atoms with Crippen LogP contribution in [0.2, 0.25) is 0 Å². The van der Waals surface area contributed by atoms with Gasteiger partial charge in [0.2, 0.25) is 5.79 Å². The first-order valence-corrected chi connectivity index (χ1v) is 23.3. The number of amides is 1. The van der Waals surface area contributed by atoms with Gasteiger partial charge in [-0.25, -0.2) is 4.79 Å². The van der Waals surface area contributed by atoms with Crippen LogP contribution in [0.3, 0.4) is 0 Å². The Morgan fingerprint density at radius 1 is 0.908 bits per heavy atom. The van der Waals surface area contributed by atoms with E-state index in [1.807, 2.05) is 54.6 Å². The SMILES string of the molecule is C=CCO[C@@]12Oc3ccc(OC(=O)NCc4ccccc4)cc3[C@H]3[C@H](CCCCO)[C@@H](CCCCO)C=C(C(=NOCc4ccc([N+](=O)[O-])cc4)C[C@@H]1Sc1ccc4ccccc4c1)[C@H]32. The van der Waals surface area contributed by atoms with E-state index in [2.05, 4.69) is 48.3 Å². The molecule has 1 heterocycles. The van der Waals surface area contributed by atoms with Gasteiger partial charge in [0, 0.05) is 54.7 Å². The number of ether oxygens (including phenoxy) is 3. The van der Waals surface area contributed by atoms with E-state index < -0.39 is 22.7 Å². The lowest BCUT2D eigenvalue weighted by atomic mass is 9.56. The van der Waals surface area contributed by atoms with Crippen LogP contribution < -0.4 is 14.8 Å². The Bertz CT molecular complexity index is 2520. The van der Waals surface area contributed by atoms with Crippen LogP contribution in [0.15, 0.2) is 150 Å². The zero-order chi connectivity index (χ0) is 45.2. The van der Waals surface area contributed by atoms with Gasteiger partial charge >= 0.3 is 6.09 Å². The molecule has 0 radical (unpaired) electrons. The number of benzene rings is 5. The summed E-state index contributed by atoms with van der Waals surface area (Å²) in [7, 11) is 0. The third kappa shape index (κ3) is 10.4. The Labute approximate surface area is 383 Å². The van der Waals surface area contributed by atoms with E-state index >= 15 is 0 Å². The number of oxime groups is 1. The van der Waals surface area contributed by atoms with E-state index in [0.29, 0.717) is 37.3 Å². The summed E-state index contributed by atoms with van der Waals surface area (Å²) in [6.45, 7) is 4.83. The van der Waals surface area contributed by atoms with E-state index in [1.54, 1.807) is 36.0 Å². The molecular formula is C52H55N3O9S. The monoisotopic (exact) mass is 897 g/mol. The Morgan fingerprint density at radius 3 is 2.42 bits per heavy atom. The first-order valence-electron chi connectivity index (χ1n) is 22.4. The molecule has 1 aliphatic heterocycles. The number of carbonyl (C=O) groups is 1. The molecule has 0 spiro atoms. The maximum atomic E-state index is 13.3. The van der Waals surface area contributed by atoms with E-state index in [1.165, 1.54) is 12.1 Å². The second-order valence-corrected chi connectivity index (χ2v) is 18.1. The number of fused-ring (bicyclic) bond motifs is 3. The number of unbranched alkanes of at least 4 members (excludes halogenated alkanes) is 2. The van der Waals surface area contributed by atoms with Crippen molar-refractivity contribution in [1.82, 2.24) is 5.32 Å². The fourth-order valence-electron chi connectivity index (χ4n) is 9.70. The van der Waals surface area contributed by atoms with Gasteiger partial charge in [-0.05, 0) is 107 Å². The number of rotatable bonds is 20. The molecule has 0 saturated heterocycles. The number of non-ortho nitro benzene ring substituents is 1. The number of hydrogen-bond donors (Lipinski definition) is 3. The molecule has 65 heavy (non-hydrogen) atoms. The highest BCUT2D eigenvalue weighted by molar-refractivity contribution is 8.00. The fourth-order valence-corrected chi connectivity index (χ4v) is 11.0. The lowest BCUT2D eigenvalue weighted by Gasteiger charge is -2.58. The van der Waals surface area contributed by atoms with Gasteiger partial charge in [0.15, 0.2) is 0 Å². The summed E-state index contributed by atoms with van der Waals surface area (Å²) < 4.78 is 20.4. The second kappa shape index (κ2) is 21.3. The molecule has 0 unspecified atom stereocenters. The van der Waals surface area contributed by atoms with Crippen LogP contribution in [0.25, 0.3) is 10.8 Å². The van der Waals surface area contributed by atoms with Crippen molar-refractivity contribution in [3.63, 3.8) is 0 Å². The topological polar surface area (TPSA) is 162 Å². The molecule has 1 saturated carbocycles. The summed E-state index contributed by atoms with van der Waals surface area (Å²) in [6.07, 6.45) is 8.38. The minimum Gasteiger partial charge on any atom is -0.460 e. The number of hydrogen-bond acceptors (Lipinski definition) is 11. The number of nitrogens with one attached hydrogen (secondary N) is 1. The molecule has 6 atom stereocenters. The molecule has 2 aliphatic carbocycles. The molecule has 0 bridgehead atoms. The number of allylic oxidation sites excluding steroid dienone is 1. The van der Waals surface area contributed by atoms with Crippen LogP contribution in [0.4, 0.5) is 10.5 Å². The van der Waals surface area contributed by atoms with Crippen LogP contribution in [-0.4, -0.2) is 57.8 Å². The zero-order valence-electron chi connectivity index (χ0n) is 36.3. The standard InChI is InChI=1S/C52H55N3O9S/c1-2-28-61-52-48(65-42-24-20-37-14-6-7-15-38(37)29-42)32-46(54-62-34-36-18-21-40(22-19-36)55(59)60)44-30-39(16-8-10-26-56)43(17-9-11-27-57)49(50(44)52)45-31-41(23-25-47(45)64-52)63-51(58)53-33-35-12-4-3-5-13-35/h2-7,12-15,18-25,29-31,39,43,48-50,56-57H,1,8-11,16-17,26-28,32-34H2,(H,53,58)/t39-,43+,48-,49+,50+,52+/m0/s1. The van der Waals surface area contributed by atoms with Crippen molar-refractivity contribution in [2.24, 2.45) is 22.9 Å². The van der Waals surface area contributed by atoms with Crippen molar-refractivity contribution in [1.29, 1.82) is 0 Å². The number of carbonyl (C=O) groups excluding carboxylic acids is 1. The molecular weight excluding hydrogens is 843 g/mol. The summed E-state index contributed by atoms with van der Waals surface area (Å²) in [5.74, 6) is -0.783. The minimum absolute atomic E-state index is 0.00472. The number of nitrogens with zero attached hydrogens (tertiary/aromatic N) is 2. The Balaban J connectivity index is 1.25. The molecule has 3 N–H and O–H groups in total. The molecule has 12 nitrogen and oxygen atoms in total. The van der Waals surface area contributed by atoms with Crippen LogP contribution in [0.1, 0.15) is 67.6 Å². The third-order valence-corrected chi connectivity index (χ3v) is 14.0. The Hall–Kier alpha value is -5.99. The van der Waals surface area contributed by atoms with Crippen molar-refractivity contribution >= 4 is 40.0 Å². The zero-order valence-corrected chi connectivity index (χ0v) is 37.1. The predicted molar refractivity (Wildman–Crippen MR) is 252 cm³/mol. The van der Waals surface area contributed by atoms with Crippen molar-refractivity contribution < 1.29 is 39.0 Å². The number of nitro groups is 1. The van der Waals surface area contributed by atoms with E-state index in [0.717, 1.165) is 69.3 Å².